The number of methoxy groups -OCH3 is 1. The summed E-state index contributed by atoms with van der Waals surface area (Å²) in [5.74, 6) is -0.183. The molecule has 0 amide bonds. The Labute approximate surface area is 97.7 Å². The van der Waals surface area contributed by atoms with Gasteiger partial charge in [-0.2, -0.15) is 0 Å². The van der Waals surface area contributed by atoms with Crippen LogP contribution in [0, 0.1) is 5.41 Å². The number of hydrogen-bond acceptors (Lipinski definition) is 4. The number of ether oxygens (including phenoxy) is 2. The third-order valence-corrected chi connectivity index (χ3v) is 3.10. The van der Waals surface area contributed by atoms with Gasteiger partial charge >= 0.3 is 5.97 Å². The molecule has 0 aromatic rings. The van der Waals surface area contributed by atoms with Gasteiger partial charge in [-0.1, -0.05) is 0 Å². The van der Waals surface area contributed by atoms with Crippen LogP contribution in [0.15, 0.2) is 0 Å². The lowest BCUT2D eigenvalue weighted by molar-refractivity contribution is -0.150. The summed E-state index contributed by atoms with van der Waals surface area (Å²) in [6.45, 7) is 8.11. The van der Waals surface area contributed by atoms with E-state index in [4.69, 9.17) is 9.47 Å². The third kappa shape index (κ3) is 3.46. The van der Waals surface area contributed by atoms with Crippen LogP contribution in [0.3, 0.4) is 0 Å². The fourth-order valence-corrected chi connectivity index (χ4v) is 1.96. The Morgan fingerprint density at radius 2 is 2.25 bits per heavy atom. The highest BCUT2D eigenvalue weighted by Gasteiger charge is 2.32. The van der Waals surface area contributed by atoms with Crippen LogP contribution in [0.25, 0.3) is 0 Å². The summed E-state index contributed by atoms with van der Waals surface area (Å²) in [4.78, 5) is 11.4. The smallest absolute Gasteiger partial charge is 0.312 e. The minimum Gasteiger partial charge on any atom is -0.469 e. The van der Waals surface area contributed by atoms with E-state index in [0.29, 0.717) is 6.54 Å². The lowest BCUT2D eigenvalue weighted by Crippen LogP contribution is -2.43. The van der Waals surface area contributed by atoms with E-state index in [9.17, 15) is 4.79 Å². The Balaban J connectivity index is 2.31. The van der Waals surface area contributed by atoms with E-state index < -0.39 is 5.41 Å². The normalized spacial score (nSPS) is 25.8. The first kappa shape index (κ1) is 13.5. The minimum absolute atomic E-state index is 0.0633. The average Bonchev–Trinajstić information content (AvgIpc) is 2.63. The molecular formula is C12H23NO3. The van der Waals surface area contributed by atoms with E-state index in [1.54, 1.807) is 0 Å². The van der Waals surface area contributed by atoms with Crippen LogP contribution < -0.4 is 5.32 Å². The van der Waals surface area contributed by atoms with Gasteiger partial charge in [0.05, 0.1) is 18.1 Å². The molecule has 1 fully saturated rings. The minimum atomic E-state index is -0.482. The molecule has 0 aliphatic carbocycles. The van der Waals surface area contributed by atoms with Gasteiger partial charge in [-0.15, -0.1) is 0 Å². The van der Waals surface area contributed by atoms with E-state index >= 15 is 0 Å². The van der Waals surface area contributed by atoms with Crippen LogP contribution in [-0.4, -0.2) is 38.4 Å². The predicted molar refractivity (Wildman–Crippen MR) is 62.3 cm³/mol. The van der Waals surface area contributed by atoms with Gasteiger partial charge in [0.15, 0.2) is 0 Å². The van der Waals surface area contributed by atoms with Crippen molar-refractivity contribution in [1.82, 2.24) is 5.32 Å². The Morgan fingerprint density at radius 1 is 1.56 bits per heavy atom. The molecule has 4 nitrogen and oxygen atoms in total. The first-order valence-corrected chi connectivity index (χ1v) is 5.83. The van der Waals surface area contributed by atoms with Gasteiger partial charge in [0, 0.05) is 19.7 Å². The summed E-state index contributed by atoms with van der Waals surface area (Å²) in [5, 5.41) is 3.30. The maximum absolute atomic E-state index is 11.4. The summed E-state index contributed by atoms with van der Waals surface area (Å²) in [5.41, 5.74) is -0.546. The molecule has 0 spiro atoms. The molecule has 1 aliphatic heterocycles. The number of esters is 1. The second-order valence-electron chi connectivity index (χ2n) is 5.38. The van der Waals surface area contributed by atoms with Crippen molar-refractivity contribution in [2.24, 2.45) is 5.41 Å². The van der Waals surface area contributed by atoms with Crippen LogP contribution in [-0.2, 0) is 14.3 Å². The van der Waals surface area contributed by atoms with E-state index in [2.05, 4.69) is 12.2 Å². The SMILES string of the molecule is COC(=O)C(C)(C)CNCC1(C)CCCO1. The highest BCUT2D eigenvalue weighted by molar-refractivity contribution is 5.76. The summed E-state index contributed by atoms with van der Waals surface area (Å²) < 4.78 is 10.4. The Kier molecular flexibility index (Phi) is 4.33. The van der Waals surface area contributed by atoms with Crippen molar-refractivity contribution in [3.05, 3.63) is 0 Å². The van der Waals surface area contributed by atoms with Gasteiger partial charge in [-0.25, -0.2) is 0 Å². The van der Waals surface area contributed by atoms with Crippen molar-refractivity contribution in [3.63, 3.8) is 0 Å². The molecule has 1 unspecified atom stereocenters. The Morgan fingerprint density at radius 3 is 2.75 bits per heavy atom. The molecule has 94 valence electrons. The summed E-state index contributed by atoms with van der Waals surface area (Å²) in [7, 11) is 1.42. The molecular weight excluding hydrogens is 206 g/mol. The van der Waals surface area contributed by atoms with Crippen molar-refractivity contribution >= 4 is 5.97 Å². The van der Waals surface area contributed by atoms with Gasteiger partial charge in [0.1, 0.15) is 0 Å². The molecule has 4 heteroatoms. The van der Waals surface area contributed by atoms with Gasteiger partial charge in [0.2, 0.25) is 0 Å². The quantitative estimate of drug-likeness (QED) is 0.723. The van der Waals surface area contributed by atoms with Crippen molar-refractivity contribution < 1.29 is 14.3 Å². The van der Waals surface area contributed by atoms with Gasteiger partial charge in [0.25, 0.3) is 0 Å². The molecule has 1 heterocycles. The summed E-state index contributed by atoms with van der Waals surface area (Å²) in [6, 6.07) is 0. The highest BCUT2D eigenvalue weighted by atomic mass is 16.5. The van der Waals surface area contributed by atoms with Crippen LogP contribution in [0.5, 0.6) is 0 Å². The largest absolute Gasteiger partial charge is 0.469 e. The first-order chi connectivity index (χ1) is 7.40. The zero-order chi connectivity index (χ0) is 12.2. The zero-order valence-electron chi connectivity index (χ0n) is 10.8. The standard InChI is InChI=1S/C12H23NO3/c1-11(2,10(14)15-4)8-13-9-12(3)6-5-7-16-12/h13H,5-9H2,1-4H3. The van der Waals surface area contributed by atoms with Crippen LogP contribution in [0.2, 0.25) is 0 Å². The third-order valence-electron chi connectivity index (χ3n) is 3.10. The maximum atomic E-state index is 11.4. The molecule has 0 aromatic carbocycles. The fraction of sp³-hybridized carbons (Fsp3) is 0.917. The van der Waals surface area contributed by atoms with E-state index in [0.717, 1.165) is 26.0 Å². The lowest BCUT2D eigenvalue weighted by atomic mass is 9.93. The first-order valence-electron chi connectivity index (χ1n) is 5.83. The average molecular weight is 229 g/mol. The van der Waals surface area contributed by atoms with Crippen LogP contribution >= 0.6 is 0 Å². The lowest BCUT2D eigenvalue weighted by Gasteiger charge is -2.27. The molecule has 0 bridgehead atoms. The molecule has 0 aromatic heterocycles. The number of hydrogen-bond donors (Lipinski definition) is 1. The van der Waals surface area contributed by atoms with Gasteiger partial charge in [-0.3, -0.25) is 4.79 Å². The number of carbonyl (C=O) groups is 1. The second-order valence-corrected chi connectivity index (χ2v) is 5.38. The highest BCUT2D eigenvalue weighted by Crippen LogP contribution is 2.24. The summed E-state index contributed by atoms with van der Waals surface area (Å²) >= 11 is 0. The monoisotopic (exact) mass is 229 g/mol. The Bertz CT molecular complexity index is 245. The number of carbonyl (C=O) groups excluding carboxylic acids is 1. The van der Waals surface area contributed by atoms with Crippen molar-refractivity contribution in [2.75, 3.05) is 26.8 Å². The molecule has 1 N–H and O–H groups in total. The van der Waals surface area contributed by atoms with Crippen LogP contribution in [0.4, 0.5) is 0 Å². The zero-order valence-corrected chi connectivity index (χ0v) is 10.8. The Hall–Kier alpha value is -0.610. The molecule has 1 saturated heterocycles. The molecule has 0 saturated carbocycles. The molecule has 0 radical (unpaired) electrons. The van der Waals surface area contributed by atoms with E-state index in [1.807, 2.05) is 13.8 Å². The van der Waals surface area contributed by atoms with Crippen LogP contribution in [0.1, 0.15) is 33.6 Å². The van der Waals surface area contributed by atoms with Gasteiger partial charge < -0.3 is 14.8 Å². The van der Waals surface area contributed by atoms with Gasteiger partial charge in [-0.05, 0) is 33.6 Å². The molecule has 1 rings (SSSR count). The van der Waals surface area contributed by atoms with E-state index in [1.165, 1.54) is 7.11 Å². The van der Waals surface area contributed by atoms with Crippen molar-refractivity contribution in [3.8, 4) is 0 Å². The number of nitrogens with one attached hydrogen (secondary N) is 1. The topological polar surface area (TPSA) is 47.6 Å². The maximum Gasteiger partial charge on any atom is 0.312 e. The predicted octanol–water partition coefficient (Wildman–Crippen LogP) is 1.34. The molecule has 1 atom stereocenters. The van der Waals surface area contributed by atoms with Crippen molar-refractivity contribution in [1.29, 1.82) is 0 Å². The summed E-state index contributed by atoms with van der Waals surface area (Å²) in [6.07, 6.45) is 2.21. The number of rotatable bonds is 5. The fourth-order valence-electron chi connectivity index (χ4n) is 1.96. The second kappa shape index (κ2) is 5.15. The van der Waals surface area contributed by atoms with E-state index in [-0.39, 0.29) is 11.6 Å². The van der Waals surface area contributed by atoms with Crippen molar-refractivity contribution in [2.45, 2.75) is 39.2 Å². The molecule has 1 aliphatic rings. The molecule has 16 heavy (non-hydrogen) atoms.